The van der Waals surface area contributed by atoms with Gasteiger partial charge in [-0.05, 0) is 42.3 Å². The van der Waals surface area contributed by atoms with Crippen LogP contribution >= 0.6 is 23.2 Å². The number of primary sulfonamides is 1. The highest BCUT2D eigenvalue weighted by Crippen LogP contribution is 2.24. The molecule has 0 saturated heterocycles. The van der Waals surface area contributed by atoms with Crippen LogP contribution in [0.5, 0.6) is 0 Å². The maximum absolute atomic E-state index is 11.5. The fourth-order valence-electron chi connectivity index (χ4n) is 1.87. The third-order valence-electron chi connectivity index (χ3n) is 2.98. The lowest BCUT2D eigenvalue weighted by molar-refractivity contribution is 0.597. The molecule has 0 saturated carbocycles. The van der Waals surface area contributed by atoms with Crippen molar-refractivity contribution in [1.82, 2.24) is 0 Å². The van der Waals surface area contributed by atoms with E-state index in [9.17, 15) is 8.42 Å². The van der Waals surface area contributed by atoms with Gasteiger partial charge in [0.15, 0.2) is 0 Å². The molecule has 21 heavy (non-hydrogen) atoms. The summed E-state index contributed by atoms with van der Waals surface area (Å²) in [6, 6.07) is 10.3. The van der Waals surface area contributed by atoms with E-state index in [0.29, 0.717) is 27.8 Å². The van der Waals surface area contributed by atoms with Crippen molar-refractivity contribution >= 4 is 38.9 Å². The third-order valence-corrected chi connectivity index (χ3v) is 4.77. The van der Waals surface area contributed by atoms with Crippen LogP contribution in [0.15, 0.2) is 41.3 Å². The number of hydrogen-bond donors (Lipinski definition) is 2. The Morgan fingerprint density at radius 3 is 2.43 bits per heavy atom. The molecule has 0 unspecified atom stereocenters. The first-order valence-electron chi connectivity index (χ1n) is 6.08. The molecule has 2 aromatic rings. The molecule has 0 spiro atoms. The highest BCUT2D eigenvalue weighted by Gasteiger charge is 2.12. The van der Waals surface area contributed by atoms with Crippen LogP contribution in [-0.2, 0) is 16.6 Å². The van der Waals surface area contributed by atoms with Gasteiger partial charge in [0.25, 0.3) is 0 Å². The van der Waals surface area contributed by atoms with E-state index in [1.54, 1.807) is 31.2 Å². The first-order chi connectivity index (χ1) is 9.77. The summed E-state index contributed by atoms with van der Waals surface area (Å²) in [5.41, 5.74) is 2.20. The minimum absolute atomic E-state index is 0.113. The Morgan fingerprint density at radius 2 is 1.81 bits per heavy atom. The number of rotatable bonds is 4. The zero-order chi connectivity index (χ0) is 15.6. The number of nitrogens with one attached hydrogen (secondary N) is 1. The molecule has 112 valence electrons. The third kappa shape index (κ3) is 4.11. The fourth-order valence-corrected chi connectivity index (χ4v) is 3.00. The molecule has 0 heterocycles. The monoisotopic (exact) mass is 344 g/mol. The molecular formula is C14H14Cl2N2O2S. The molecule has 0 aromatic heterocycles. The molecule has 0 amide bonds. The van der Waals surface area contributed by atoms with Crippen LogP contribution < -0.4 is 10.5 Å². The van der Waals surface area contributed by atoms with Crippen LogP contribution in [0.2, 0.25) is 10.0 Å². The van der Waals surface area contributed by atoms with Crippen molar-refractivity contribution in [2.45, 2.75) is 18.4 Å². The van der Waals surface area contributed by atoms with Gasteiger partial charge in [-0.25, -0.2) is 13.6 Å². The zero-order valence-corrected chi connectivity index (χ0v) is 13.6. The number of halogens is 2. The lowest BCUT2D eigenvalue weighted by Crippen LogP contribution is -2.14. The van der Waals surface area contributed by atoms with E-state index < -0.39 is 10.0 Å². The quantitative estimate of drug-likeness (QED) is 0.890. The molecule has 0 bridgehead atoms. The van der Waals surface area contributed by atoms with Gasteiger partial charge < -0.3 is 5.32 Å². The lowest BCUT2D eigenvalue weighted by atomic mass is 10.2. The second-order valence-corrected chi connectivity index (χ2v) is 6.97. The predicted octanol–water partition coefficient (Wildman–Crippen LogP) is 3.56. The highest BCUT2D eigenvalue weighted by atomic mass is 35.5. The molecule has 0 fully saturated rings. The summed E-state index contributed by atoms with van der Waals surface area (Å²) < 4.78 is 23.0. The normalized spacial score (nSPS) is 11.4. The maximum Gasteiger partial charge on any atom is 0.238 e. The molecule has 0 atom stereocenters. The van der Waals surface area contributed by atoms with Crippen molar-refractivity contribution < 1.29 is 8.42 Å². The van der Waals surface area contributed by atoms with Crippen molar-refractivity contribution in [3.05, 3.63) is 57.6 Å². The summed E-state index contributed by atoms with van der Waals surface area (Å²) in [4.78, 5) is 0.113. The molecule has 3 N–H and O–H groups in total. The van der Waals surface area contributed by atoms with Gasteiger partial charge in [-0.1, -0.05) is 35.3 Å². The Kier molecular flexibility index (Phi) is 4.78. The van der Waals surface area contributed by atoms with E-state index in [1.807, 2.05) is 6.07 Å². The summed E-state index contributed by atoms with van der Waals surface area (Å²) in [6.07, 6.45) is 0. The zero-order valence-electron chi connectivity index (χ0n) is 11.2. The van der Waals surface area contributed by atoms with Crippen LogP contribution in [0.25, 0.3) is 0 Å². The summed E-state index contributed by atoms with van der Waals surface area (Å²) in [5.74, 6) is 0. The Labute approximate surface area is 133 Å². The number of nitrogens with two attached hydrogens (primary N) is 1. The average Bonchev–Trinajstić information content (AvgIpc) is 2.40. The molecule has 0 radical (unpaired) electrons. The lowest BCUT2D eigenvalue weighted by Gasteiger charge is -2.10. The van der Waals surface area contributed by atoms with Gasteiger partial charge in [-0.3, -0.25) is 0 Å². The van der Waals surface area contributed by atoms with Gasteiger partial charge in [-0.2, -0.15) is 0 Å². The van der Waals surface area contributed by atoms with E-state index in [-0.39, 0.29) is 4.90 Å². The number of hydrogen-bond acceptors (Lipinski definition) is 3. The van der Waals surface area contributed by atoms with Crippen LogP contribution in [0.3, 0.4) is 0 Å². The Bertz CT molecular complexity index is 777. The Balaban J connectivity index is 2.19. The van der Waals surface area contributed by atoms with Crippen LogP contribution in [0, 0.1) is 6.92 Å². The van der Waals surface area contributed by atoms with Gasteiger partial charge in [0.2, 0.25) is 10.0 Å². The van der Waals surface area contributed by atoms with Crippen molar-refractivity contribution in [2.24, 2.45) is 5.14 Å². The molecule has 0 aliphatic rings. The van der Waals surface area contributed by atoms with E-state index in [1.165, 1.54) is 6.07 Å². The number of benzene rings is 2. The predicted molar refractivity (Wildman–Crippen MR) is 86.3 cm³/mol. The molecular weight excluding hydrogens is 331 g/mol. The first-order valence-corrected chi connectivity index (χ1v) is 8.39. The number of anilines is 1. The first kappa shape index (κ1) is 16.1. The van der Waals surface area contributed by atoms with Crippen molar-refractivity contribution in [3.8, 4) is 0 Å². The van der Waals surface area contributed by atoms with Crippen molar-refractivity contribution in [2.75, 3.05) is 5.32 Å². The van der Waals surface area contributed by atoms with Gasteiger partial charge >= 0.3 is 0 Å². The van der Waals surface area contributed by atoms with E-state index in [2.05, 4.69) is 5.32 Å². The molecule has 0 aliphatic heterocycles. The van der Waals surface area contributed by atoms with E-state index in [0.717, 1.165) is 5.56 Å². The minimum Gasteiger partial charge on any atom is -0.381 e. The van der Waals surface area contributed by atoms with E-state index in [4.69, 9.17) is 28.3 Å². The molecule has 4 nitrogen and oxygen atoms in total. The Morgan fingerprint density at radius 1 is 1.10 bits per heavy atom. The molecule has 7 heteroatoms. The van der Waals surface area contributed by atoms with Gasteiger partial charge in [-0.15, -0.1) is 0 Å². The largest absolute Gasteiger partial charge is 0.381 e. The Hall–Kier alpha value is -1.27. The van der Waals surface area contributed by atoms with Crippen LogP contribution in [-0.4, -0.2) is 8.42 Å². The molecule has 2 rings (SSSR count). The SMILES string of the molecule is Cc1ccc(NCc2ccc(Cl)c(Cl)c2)cc1S(N)(=O)=O. The standard InChI is InChI=1S/C14H14Cl2N2O2S/c1-9-2-4-11(7-14(9)21(17,19)20)18-8-10-3-5-12(15)13(16)6-10/h2-7,18H,8H2,1H3,(H2,17,19,20). The summed E-state index contributed by atoms with van der Waals surface area (Å²) in [5, 5.41) is 9.28. The number of aryl methyl sites for hydroxylation is 1. The van der Waals surface area contributed by atoms with Gasteiger partial charge in [0, 0.05) is 12.2 Å². The second kappa shape index (κ2) is 6.23. The van der Waals surface area contributed by atoms with E-state index >= 15 is 0 Å². The second-order valence-electron chi connectivity index (χ2n) is 4.63. The van der Waals surface area contributed by atoms with Crippen LogP contribution in [0.4, 0.5) is 5.69 Å². The molecule has 2 aromatic carbocycles. The van der Waals surface area contributed by atoms with Crippen molar-refractivity contribution in [3.63, 3.8) is 0 Å². The van der Waals surface area contributed by atoms with Crippen LogP contribution in [0.1, 0.15) is 11.1 Å². The highest BCUT2D eigenvalue weighted by molar-refractivity contribution is 7.89. The topological polar surface area (TPSA) is 72.2 Å². The molecule has 0 aliphatic carbocycles. The smallest absolute Gasteiger partial charge is 0.238 e. The maximum atomic E-state index is 11.5. The summed E-state index contributed by atoms with van der Waals surface area (Å²) >= 11 is 11.8. The fraction of sp³-hybridized carbons (Fsp3) is 0.143. The van der Waals surface area contributed by atoms with Gasteiger partial charge in [0.05, 0.1) is 14.9 Å². The van der Waals surface area contributed by atoms with Gasteiger partial charge in [0.1, 0.15) is 0 Å². The number of sulfonamides is 1. The summed E-state index contributed by atoms with van der Waals surface area (Å²) in [7, 11) is -3.73. The minimum atomic E-state index is -3.73. The average molecular weight is 345 g/mol. The van der Waals surface area contributed by atoms with Crippen molar-refractivity contribution in [1.29, 1.82) is 0 Å². The summed E-state index contributed by atoms with van der Waals surface area (Å²) in [6.45, 7) is 2.19.